The van der Waals surface area contributed by atoms with Gasteiger partial charge in [0.2, 0.25) is 5.91 Å². The highest BCUT2D eigenvalue weighted by Crippen LogP contribution is 2.32. The third kappa shape index (κ3) is 3.79. The minimum atomic E-state index is -0.130. The summed E-state index contributed by atoms with van der Waals surface area (Å²) in [6.45, 7) is 1.92. The summed E-state index contributed by atoms with van der Waals surface area (Å²) in [6.07, 6.45) is 2.28. The lowest BCUT2D eigenvalue weighted by molar-refractivity contribution is -0.114. The molecule has 5 nitrogen and oxygen atoms in total. The van der Waals surface area contributed by atoms with Gasteiger partial charge in [0.1, 0.15) is 0 Å². The van der Waals surface area contributed by atoms with Crippen LogP contribution >= 0.6 is 0 Å². The van der Waals surface area contributed by atoms with Crippen molar-refractivity contribution in [2.45, 2.75) is 25.8 Å². The van der Waals surface area contributed by atoms with Gasteiger partial charge in [0.05, 0.1) is 0 Å². The molecule has 0 heterocycles. The summed E-state index contributed by atoms with van der Waals surface area (Å²) in [5.74, 6) is 0.290. The van der Waals surface area contributed by atoms with Crippen molar-refractivity contribution in [1.29, 1.82) is 0 Å². The number of nitrogens with one attached hydrogen (secondary N) is 2. The molecule has 102 valence electrons. The normalized spacial score (nSPS) is 15.7. The molecule has 5 heteroatoms. The fourth-order valence-corrected chi connectivity index (χ4v) is 2.03. The van der Waals surface area contributed by atoms with Crippen LogP contribution in [-0.4, -0.2) is 24.4 Å². The molecule has 1 aromatic carbocycles. The molecule has 4 N–H and O–H groups in total. The van der Waals surface area contributed by atoms with Gasteiger partial charge in [0.25, 0.3) is 5.91 Å². The zero-order valence-electron chi connectivity index (χ0n) is 11.0. The molecular formula is C14H19N3O2. The first-order valence-electron chi connectivity index (χ1n) is 6.48. The van der Waals surface area contributed by atoms with Gasteiger partial charge >= 0.3 is 0 Å². The summed E-state index contributed by atoms with van der Waals surface area (Å²) in [7, 11) is 0. The van der Waals surface area contributed by atoms with Gasteiger partial charge in [-0.2, -0.15) is 0 Å². The van der Waals surface area contributed by atoms with E-state index in [0.717, 1.165) is 12.8 Å². The van der Waals surface area contributed by atoms with Crippen LogP contribution in [0.25, 0.3) is 0 Å². The molecule has 1 fully saturated rings. The van der Waals surface area contributed by atoms with E-state index in [9.17, 15) is 9.59 Å². The molecule has 1 aliphatic rings. The molecule has 1 aromatic rings. The summed E-state index contributed by atoms with van der Waals surface area (Å²) in [4.78, 5) is 22.9. The second-order valence-electron chi connectivity index (χ2n) is 4.91. The van der Waals surface area contributed by atoms with Gasteiger partial charge < -0.3 is 16.4 Å². The highest BCUT2D eigenvalue weighted by molar-refractivity contribution is 5.95. The van der Waals surface area contributed by atoms with E-state index in [4.69, 9.17) is 5.73 Å². The van der Waals surface area contributed by atoms with Gasteiger partial charge in [-0.1, -0.05) is 0 Å². The molecule has 0 bridgehead atoms. The Kier molecular flexibility index (Phi) is 4.16. The van der Waals surface area contributed by atoms with Crippen molar-refractivity contribution in [3.8, 4) is 0 Å². The summed E-state index contributed by atoms with van der Waals surface area (Å²) in [5, 5.41) is 5.61. The molecule has 0 spiro atoms. The van der Waals surface area contributed by atoms with Crippen LogP contribution in [0.4, 0.5) is 5.69 Å². The number of benzene rings is 1. The smallest absolute Gasteiger partial charge is 0.251 e. The summed E-state index contributed by atoms with van der Waals surface area (Å²) in [5.41, 5.74) is 6.92. The highest BCUT2D eigenvalue weighted by Gasteiger charge is 2.31. The van der Waals surface area contributed by atoms with Gasteiger partial charge in [-0.3, -0.25) is 9.59 Å². The fraction of sp³-hybridized carbons (Fsp3) is 0.429. The predicted octanol–water partition coefficient (Wildman–Crippen LogP) is 1.11. The molecular weight excluding hydrogens is 242 g/mol. The van der Waals surface area contributed by atoms with E-state index in [1.807, 2.05) is 0 Å². The fourth-order valence-electron chi connectivity index (χ4n) is 2.03. The largest absolute Gasteiger partial charge is 0.348 e. The summed E-state index contributed by atoms with van der Waals surface area (Å²) < 4.78 is 0. The van der Waals surface area contributed by atoms with Crippen molar-refractivity contribution in [2.75, 3.05) is 11.9 Å². The molecule has 1 atom stereocenters. The number of anilines is 1. The molecule has 0 aromatic heterocycles. The molecule has 0 aliphatic heterocycles. The third-order valence-electron chi connectivity index (χ3n) is 3.23. The Morgan fingerprint density at radius 2 is 1.95 bits per heavy atom. The van der Waals surface area contributed by atoms with Crippen LogP contribution < -0.4 is 16.4 Å². The zero-order chi connectivity index (χ0) is 13.8. The number of hydrogen-bond acceptors (Lipinski definition) is 3. The van der Waals surface area contributed by atoms with E-state index < -0.39 is 0 Å². The molecule has 2 amide bonds. The van der Waals surface area contributed by atoms with E-state index >= 15 is 0 Å². The van der Waals surface area contributed by atoms with Crippen molar-refractivity contribution in [2.24, 2.45) is 11.7 Å². The van der Waals surface area contributed by atoms with Crippen molar-refractivity contribution in [1.82, 2.24) is 5.32 Å². The maximum absolute atomic E-state index is 12.0. The number of nitrogens with two attached hydrogens (primary N) is 1. The second-order valence-corrected chi connectivity index (χ2v) is 4.91. The first-order chi connectivity index (χ1) is 9.10. The Morgan fingerprint density at radius 1 is 1.32 bits per heavy atom. The van der Waals surface area contributed by atoms with Gasteiger partial charge in [0, 0.05) is 30.8 Å². The Labute approximate surface area is 112 Å². The quantitative estimate of drug-likeness (QED) is 0.742. The minimum absolute atomic E-state index is 0.0718. The molecule has 0 saturated heterocycles. The zero-order valence-corrected chi connectivity index (χ0v) is 11.0. The molecule has 1 saturated carbocycles. The second kappa shape index (κ2) is 5.84. The van der Waals surface area contributed by atoms with E-state index in [1.165, 1.54) is 6.92 Å². The van der Waals surface area contributed by atoms with Crippen LogP contribution in [0.2, 0.25) is 0 Å². The van der Waals surface area contributed by atoms with Gasteiger partial charge in [0.15, 0.2) is 0 Å². The molecule has 1 unspecified atom stereocenters. The highest BCUT2D eigenvalue weighted by atomic mass is 16.2. The molecule has 2 rings (SSSR count). The monoisotopic (exact) mass is 261 g/mol. The van der Waals surface area contributed by atoms with Crippen LogP contribution in [0, 0.1) is 5.92 Å². The van der Waals surface area contributed by atoms with Gasteiger partial charge in [-0.25, -0.2) is 0 Å². The average molecular weight is 261 g/mol. The van der Waals surface area contributed by atoms with E-state index in [-0.39, 0.29) is 17.9 Å². The van der Waals surface area contributed by atoms with E-state index in [0.29, 0.717) is 23.7 Å². The van der Waals surface area contributed by atoms with Crippen LogP contribution in [0.15, 0.2) is 24.3 Å². The van der Waals surface area contributed by atoms with Crippen molar-refractivity contribution in [3.63, 3.8) is 0 Å². The Morgan fingerprint density at radius 3 is 2.42 bits per heavy atom. The summed E-state index contributed by atoms with van der Waals surface area (Å²) in [6, 6.07) is 6.89. The predicted molar refractivity (Wildman–Crippen MR) is 73.8 cm³/mol. The Balaban J connectivity index is 1.96. The molecule has 19 heavy (non-hydrogen) atoms. The minimum Gasteiger partial charge on any atom is -0.348 e. The first kappa shape index (κ1) is 13.5. The first-order valence-corrected chi connectivity index (χ1v) is 6.48. The lowest BCUT2D eigenvalue weighted by Gasteiger charge is -2.16. The standard InChI is InChI=1S/C14H19N3O2/c1-9(18)16-12-6-4-11(5-7-12)14(19)17-13(8-15)10-2-3-10/h4-7,10,13H,2-3,8,15H2,1H3,(H,16,18)(H,17,19). The lowest BCUT2D eigenvalue weighted by Crippen LogP contribution is -2.41. The average Bonchev–Trinajstić information content (AvgIpc) is 3.20. The third-order valence-corrected chi connectivity index (χ3v) is 3.23. The number of carbonyl (C=O) groups is 2. The van der Waals surface area contributed by atoms with Crippen LogP contribution in [-0.2, 0) is 4.79 Å². The van der Waals surface area contributed by atoms with Crippen molar-refractivity contribution >= 4 is 17.5 Å². The van der Waals surface area contributed by atoms with E-state index in [1.54, 1.807) is 24.3 Å². The molecule has 1 aliphatic carbocycles. The lowest BCUT2D eigenvalue weighted by atomic mass is 10.1. The number of rotatable bonds is 5. The summed E-state index contributed by atoms with van der Waals surface area (Å²) >= 11 is 0. The van der Waals surface area contributed by atoms with Crippen molar-refractivity contribution in [3.05, 3.63) is 29.8 Å². The van der Waals surface area contributed by atoms with Crippen molar-refractivity contribution < 1.29 is 9.59 Å². The van der Waals surface area contributed by atoms with E-state index in [2.05, 4.69) is 10.6 Å². The van der Waals surface area contributed by atoms with Crippen LogP contribution in [0.1, 0.15) is 30.1 Å². The Bertz CT molecular complexity index is 466. The maximum atomic E-state index is 12.0. The van der Waals surface area contributed by atoms with Gasteiger partial charge in [-0.05, 0) is 43.0 Å². The molecule has 0 radical (unpaired) electrons. The number of carbonyl (C=O) groups excluding carboxylic acids is 2. The SMILES string of the molecule is CC(=O)Nc1ccc(C(=O)NC(CN)C2CC2)cc1. The Hall–Kier alpha value is -1.88. The van der Waals surface area contributed by atoms with Crippen LogP contribution in [0.5, 0.6) is 0 Å². The van der Waals surface area contributed by atoms with Gasteiger partial charge in [-0.15, -0.1) is 0 Å². The van der Waals surface area contributed by atoms with Crippen LogP contribution in [0.3, 0.4) is 0 Å². The number of hydrogen-bond donors (Lipinski definition) is 3. The topological polar surface area (TPSA) is 84.2 Å². The maximum Gasteiger partial charge on any atom is 0.251 e. The number of amides is 2.